The fraction of sp³-hybridized carbons (Fsp3) is 0.400. The first kappa shape index (κ1) is 10.2. The Hall–Kier alpha value is -0.850. The molecular formula is C10H15F. The summed E-state index contributed by atoms with van der Waals surface area (Å²) in [7, 11) is 0. The minimum absolute atomic E-state index is 0.164. The molecule has 0 amide bonds. The van der Waals surface area contributed by atoms with Gasteiger partial charge in [0.15, 0.2) is 0 Å². The van der Waals surface area contributed by atoms with Gasteiger partial charge in [0.1, 0.15) is 5.83 Å². The largest absolute Gasteiger partial charge is 0.207 e. The van der Waals surface area contributed by atoms with Crippen LogP contribution in [0.4, 0.5) is 4.39 Å². The van der Waals surface area contributed by atoms with Gasteiger partial charge in [0.05, 0.1) is 0 Å². The summed E-state index contributed by atoms with van der Waals surface area (Å²) in [5, 5.41) is 0. The van der Waals surface area contributed by atoms with Crippen LogP contribution in [0.5, 0.6) is 0 Å². The topological polar surface area (TPSA) is 0 Å². The highest BCUT2D eigenvalue weighted by molar-refractivity contribution is 5.33. The Morgan fingerprint density at radius 2 is 2.09 bits per heavy atom. The van der Waals surface area contributed by atoms with Crippen molar-refractivity contribution in [3.8, 4) is 0 Å². The third kappa shape index (κ3) is 3.17. The van der Waals surface area contributed by atoms with E-state index in [-0.39, 0.29) is 5.83 Å². The van der Waals surface area contributed by atoms with Gasteiger partial charge in [0.25, 0.3) is 0 Å². The molecule has 0 aliphatic rings. The Kier molecular flexibility index (Phi) is 4.51. The van der Waals surface area contributed by atoms with Gasteiger partial charge in [-0.15, -0.1) is 0 Å². The molecule has 0 atom stereocenters. The zero-order chi connectivity index (χ0) is 8.85. The van der Waals surface area contributed by atoms with Crippen molar-refractivity contribution in [2.45, 2.75) is 27.2 Å². The lowest BCUT2D eigenvalue weighted by Crippen LogP contribution is -1.84. The molecule has 0 spiro atoms. The molecular weight excluding hydrogens is 139 g/mol. The summed E-state index contributed by atoms with van der Waals surface area (Å²) < 4.78 is 13.1. The quantitative estimate of drug-likeness (QED) is 0.543. The van der Waals surface area contributed by atoms with E-state index in [1.807, 2.05) is 13.8 Å². The zero-order valence-corrected chi connectivity index (χ0v) is 7.45. The minimum atomic E-state index is -0.164. The lowest BCUT2D eigenvalue weighted by Gasteiger charge is -2.02. The molecule has 0 aromatic rings. The normalized spacial score (nSPS) is 13.5. The summed E-state index contributed by atoms with van der Waals surface area (Å²) in [6.45, 7) is 9.24. The lowest BCUT2D eigenvalue weighted by atomic mass is 10.1. The highest BCUT2D eigenvalue weighted by Gasteiger charge is 2.00. The van der Waals surface area contributed by atoms with Crippen molar-refractivity contribution in [3.63, 3.8) is 0 Å². The average Bonchev–Trinajstić information content (AvgIpc) is 1.88. The van der Waals surface area contributed by atoms with Crippen LogP contribution in [0.3, 0.4) is 0 Å². The molecule has 1 heteroatoms. The summed E-state index contributed by atoms with van der Waals surface area (Å²) in [5.41, 5.74) is 1.52. The Bertz CT molecular complexity index is 197. The van der Waals surface area contributed by atoms with Crippen LogP contribution < -0.4 is 0 Å². The van der Waals surface area contributed by atoms with Gasteiger partial charge in [-0.25, -0.2) is 4.39 Å². The van der Waals surface area contributed by atoms with Crippen molar-refractivity contribution in [2.75, 3.05) is 0 Å². The Morgan fingerprint density at radius 1 is 1.55 bits per heavy atom. The number of rotatable bonds is 3. The fourth-order valence-corrected chi connectivity index (χ4v) is 0.921. The second-order valence-corrected chi connectivity index (χ2v) is 2.46. The molecule has 0 saturated heterocycles. The molecule has 0 saturated carbocycles. The number of hydrogen-bond donors (Lipinski definition) is 0. The van der Waals surface area contributed by atoms with Crippen molar-refractivity contribution < 1.29 is 4.39 Å². The molecule has 0 fully saturated rings. The number of allylic oxidation sites excluding steroid dienone is 5. The zero-order valence-electron chi connectivity index (χ0n) is 7.45. The van der Waals surface area contributed by atoms with Crippen LogP contribution in [0, 0.1) is 0 Å². The molecule has 0 radical (unpaired) electrons. The maximum atomic E-state index is 13.1. The van der Waals surface area contributed by atoms with E-state index >= 15 is 0 Å². The molecule has 62 valence electrons. The summed E-state index contributed by atoms with van der Waals surface area (Å²) in [4.78, 5) is 0. The van der Waals surface area contributed by atoms with Gasteiger partial charge in [-0.3, -0.25) is 0 Å². The van der Waals surface area contributed by atoms with Crippen LogP contribution >= 0.6 is 0 Å². The molecule has 0 heterocycles. The Labute approximate surface area is 68.1 Å². The summed E-state index contributed by atoms with van der Waals surface area (Å²) in [5.74, 6) is -0.164. The summed E-state index contributed by atoms with van der Waals surface area (Å²) in [6, 6.07) is 0. The van der Waals surface area contributed by atoms with Gasteiger partial charge in [0.2, 0.25) is 0 Å². The highest BCUT2D eigenvalue weighted by atomic mass is 19.1. The van der Waals surface area contributed by atoms with E-state index < -0.39 is 0 Å². The monoisotopic (exact) mass is 154 g/mol. The van der Waals surface area contributed by atoms with Crippen LogP contribution in [0.25, 0.3) is 0 Å². The number of halogens is 1. The second kappa shape index (κ2) is 4.89. The van der Waals surface area contributed by atoms with Gasteiger partial charge < -0.3 is 0 Å². The predicted octanol–water partition coefficient (Wildman–Crippen LogP) is 3.77. The average molecular weight is 154 g/mol. The first-order valence-corrected chi connectivity index (χ1v) is 3.80. The summed E-state index contributed by atoms with van der Waals surface area (Å²) >= 11 is 0. The molecule has 0 rings (SSSR count). The Balaban J connectivity index is 4.67. The first-order valence-electron chi connectivity index (χ1n) is 3.80. The van der Waals surface area contributed by atoms with Crippen molar-refractivity contribution in [2.24, 2.45) is 0 Å². The molecule has 0 aliphatic carbocycles. The van der Waals surface area contributed by atoms with Crippen LogP contribution in [-0.4, -0.2) is 0 Å². The Morgan fingerprint density at radius 3 is 2.36 bits per heavy atom. The minimum Gasteiger partial charge on any atom is -0.207 e. The third-order valence-corrected chi connectivity index (χ3v) is 1.47. The first-order chi connectivity index (χ1) is 5.13. The predicted molar refractivity (Wildman–Crippen MR) is 48.1 cm³/mol. The van der Waals surface area contributed by atoms with E-state index in [4.69, 9.17) is 0 Å². The van der Waals surface area contributed by atoms with Gasteiger partial charge in [-0.05, 0) is 31.9 Å². The van der Waals surface area contributed by atoms with Crippen molar-refractivity contribution in [1.82, 2.24) is 0 Å². The molecule has 0 N–H and O–H groups in total. The molecule has 0 aromatic carbocycles. The van der Waals surface area contributed by atoms with Crippen molar-refractivity contribution in [1.29, 1.82) is 0 Å². The standard InChI is InChI=1S/C10H15F/c1-5-7-10(11)9(6-2)8(3)4/h5,7H,3,6H2,1-2,4H3/b7-5-,10-9+. The van der Waals surface area contributed by atoms with E-state index in [9.17, 15) is 4.39 Å². The molecule has 0 aliphatic heterocycles. The SMILES string of the molecule is C=C(C)/C(CC)=C(F)\C=C/C. The van der Waals surface area contributed by atoms with Gasteiger partial charge in [-0.2, -0.15) is 0 Å². The van der Waals surface area contributed by atoms with Gasteiger partial charge in [-0.1, -0.05) is 25.2 Å². The van der Waals surface area contributed by atoms with Crippen molar-refractivity contribution >= 4 is 0 Å². The van der Waals surface area contributed by atoms with Crippen LogP contribution in [-0.2, 0) is 0 Å². The second-order valence-electron chi connectivity index (χ2n) is 2.46. The summed E-state index contributed by atoms with van der Waals surface area (Å²) in [6.07, 6.45) is 3.85. The van der Waals surface area contributed by atoms with E-state index in [1.54, 1.807) is 13.0 Å². The van der Waals surface area contributed by atoms with Crippen LogP contribution in [0.15, 0.2) is 35.7 Å². The van der Waals surface area contributed by atoms with E-state index in [0.717, 1.165) is 5.57 Å². The number of hydrogen-bond acceptors (Lipinski definition) is 0. The van der Waals surface area contributed by atoms with Crippen molar-refractivity contribution in [3.05, 3.63) is 35.7 Å². The fourth-order valence-electron chi connectivity index (χ4n) is 0.921. The van der Waals surface area contributed by atoms with Gasteiger partial charge in [0, 0.05) is 0 Å². The smallest absolute Gasteiger partial charge is 0.126 e. The van der Waals surface area contributed by atoms with Gasteiger partial charge >= 0.3 is 0 Å². The molecule has 0 aromatic heterocycles. The van der Waals surface area contributed by atoms with E-state index in [1.165, 1.54) is 6.08 Å². The lowest BCUT2D eigenvalue weighted by molar-refractivity contribution is 0.650. The molecule has 11 heavy (non-hydrogen) atoms. The molecule has 0 unspecified atom stereocenters. The molecule has 0 nitrogen and oxygen atoms in total. The van der Waals surface area contributed by atoms with Crippen LogP contribution in [0.1, 0.15) is 27.2 Å². The highest BCUT2D eigenvalue weighted by Crippen LogP contribution is 2.18. The third-order valence-electron chi connectivity index (χ3n) is 1.47. The van der Waals surface area contributed by atoms with E-state index in [2.05, 4.69) is 6.58 Å². The maximum absolute atomic E-state index is 13.1. The van der Waals surface area contributed by atoms with E-state index in [0.29, 0.717) is 12.0 Å². The maximum Gasteiger partial charge on any atom is 0.126 e. The van der Waals surface area contributed by atoms with Crippen LogP contribution in [0.2, 0.25) is 0 Å². The molecule has 0 bridgehead atoms.